The summed E-state index contributed by atoms with van der Waals surface area (Å²) in [6.45, 7) is 1.44. The zero-order valence-corrected chi connectivity index (χ0v) is 28.2. The average molecular weight is 706 g/mol. The van der Waals surface area contributed by atoms with Crippen LogP contribution in [0, 0.1) is 29.0 Å². The maximum absolute atomic E-state index is 15.7. The summed E-state index contributed by atoms with van der Waals surface area (Å²) in [5, 5.41) is 12.2. The molecular formula is C40H31F4N5O3. The highest BCUT2D eigenvalue weighted by Crippen LogP contribution is 2.44. The quantitative estimate of drug-likeness (QED) is 0.107. The molecule has 5 aromatic rings. The number of aromatic nitrogens is 2. The van der Waals surface area contributed by atoms with E-state index in [1.54, 1.807) is 48.5 Å². The van der Waals surface area contributed by atoms with Crippen molar-refractivity contribution >= 4 is 6.02 Å². The fraction of sp³-hybridized carbons (Fsp3) is 0.200. The molecule has 6 rings (SSSR count). The highest BCUT2D eigenvalue weighted by molar-refractivity contribution is 5.79. The van der Waals surface area contributed by atoms with Crippen LogP contribution in [-0.2, 0) is 15.8 Å². The fourth-order valence-corrected chi connectivity index (χ4v) is 6.10. The number of amidine groups is 1. The number of nitrogens with one attached hydrogen (secondary N) is 1. The van der Waals surface area contributed by atoms with E-state index in [4.69, 9.17) is 24.5 Å². The van der Waals surface area contributed by atoms with Gasteiger partial charge in [-0.25, -0.2) is 19.4 Å². The number of alkyl halides is 3. The van der Waals surface area contributed by atoms with Crippen LogP contribution in [0.25, 0.3) is 0 Å². The average Bonchev–Trinajstić information content (AvgIpc) is 3.16. The van der Waals surface area contributed by atoms with Crippen LogP contribution < -0.4 is 14.8 Å². The SMILES string of the molecule is COc1ccc(C(NC2=N[C@@](C)(c3cc(C#Cc4cnc(C#N)nc4)ccc3F)C[C@@H](C(F)(F)F)O2)(c2ccccc2)c2ccc(OC)cc2)cc1. The maximum Gasteiger partial charge on any atom is 0.425 e. The van der Waals surface area contributed by atoms with Crippen molar-refractivity contribution in [2.75, 3.05) is 14.2 Å². The van der Waals surface area contributed by atoms with Crippen molar-refractivity contribution in [3.8, 4) is 29.4 Å². The molecule has 0 spiro atoms. The Kier molecular flexibility index (Phi) is 9.84. The summed E-state index contributed by atoms with van der Waals surface area (Å²) in [6.07, 6.45) is -5.15. The maximum atomic E-state index is 15.7. The smallest absolute Gasteiger partial charge is 0.425 e. The first-order valence-corrected chi connectivity index (χ1v) is 16.0. The largest absolute Gasteiger partial charge is 0.497 e. The van der Waals surface area contributed by atoms with Crippen LogP contribution in [-0.4, -0.2) is 42.5 Å². The Morgan fingerprint density at radius 1 is 0.808 bits per heavy atom. The Labute approximate surface area is 297 Å². The number of halogens is 4. The van der Waals surface area contributed by atoms with Crippen molar-refractivity contribution in [2.45, 2.75) is 36.7 Å². The topological polar surface area (TPSA) is 102 Å². The minimum absolute atomic E-state index is 0.0289. The molecule has 1 aliphatic rings. The molecular weight excluding hydrogens is 674 g/mol. The van der Waals surface area contributed by atoms with Gasteiger partial charge in [0.25, 0.3) is 6.02 Å². The predicted octanol–water partition coefficient (Wildman–Crippen LogP) is 7.41. The van der Waals surface area contributed by atoms with E-state index in [-0.39, 0.29) is 11.4 Å². The molecule has 2 atom stereocenters. The molecule has 52 heavy (non-hydrogen) atoms. The van der Waals surface area contributed by atoms with E-state index in [0.29, 0.717) is 39.3 Å². The Balaban J connectivity index is 1.52. The van der Waals surface area contributed by atoms with Gasteiger partial charge in [-0.15, -0.1) is 0 Å². The van der Waals surface area contributed by atoms with Gasteiger partial charge < -0.3 is 19.5 Å². The van der Waals surface area contributed by atoms with Gasteiger partial charge in [0.2, 0.25) is 5.82 Å². The highest BCUT2D eigenvalue weighted by atomic mass is 19.4. The van der Waals surface area contributed by atoms with E-state index in [9.17, 15) is 13.2 Å². The number of rotatable bonds is 7. The van der Waals surface area contributed by atoms with Crippen LogP contribution >= 0.6 is 0 Å². The molecule has 0 radical (unpaired) electrons. The van der Waals surface area contributed by atoms with Crippen molar-refractivity contribution in [2.24, 2.45) is 4.99 Å². The summed E-state index contributed by atoms with van der Waals surface area (Å²) in [5.74, 6) is 6.07. The first-order valence-electron chi connectivity index (χ1n) is 16.0. The van der Waals surface area contributed by atoms with Gasteiger partial charge in [0.1, 0.15) is 28.9 Å². The van der Waals surface area contributed by atoms with E-state index >= 15 is 4.39 Å². The molecule has 12 heteroatoms. The van der Waals surface area contributed by atoms with Crippen molar-refractivity contribution in [3.05, 3.63) is 154 Å². The first-order chi connectivity index (χ1) is 25.0. The Hall–Kier alpha value is -6.40. The summed E-state index contributed by atoms with van der Waals surface area (Å²) in [5.41, 5.74) is -0.627. The van der Waals surface area contributed by atoms with E-state index in [1.807, 2.05) is 36.4 Å². The Morgan fingerprint density at radius 2 is 1.37 bits per heavy atom. The summed E-state index contributed by atoms with van der Waals surface area (Å²) in [6, 6.07) is 28.6. The van der Waals surface area contributed by atoms with Gasteiger partial charge in [0, 0.05) is 29.9 Å². The van der Waals surface area contributed by atoms with Gasteiger partial charge in [0.05, 0.1) is 25.3 Å². The van der Waals surface area contributed by atoms with Gasteiger partial charge in [-0.05, 0) is 66.1 Å². The third-order valence-electron chi connectivity index (χ3n) is 8.75. The lowest BCUT2D eigenvalue weighted by molar-refractivity contribution is -0.209. The van der Waals surface area contributed by atoms with Crippen LogP contribution in [0.5, 0.6) is 11.5 Å². The van der Waals surface area contributed by atoms with E-state index in [1.165, 1.54) is 45.7 Å². The van der Waals surface area contributed by atoms with Crippen LogP contribution in [0.15, 0.2) is 114 Å². The summed E-state index contributed by atoms with van der Waals surface area (Å²) in [4.78, 5) is 12.5. The standard InChI is InChI=1S/C40H31F4N5O3/c1-38(33-21-26(11-20-34(33)41)9-10-27-24-46-36(23-45)47-25-27)22-35(40(42,43)44)52-37(48-38)49-39(28-7-5-4-6-8-28,29-12-16-31(50-2)17-13-29)30-14-18-32(51-3)19-15-30/h4-8,11-21,24-25,35H,22H2,1-3H3,(H,48,49)/t35-,38+/m0/s1. The molecule has 2 heterocycles. The summed E-state index contributed by atoms with van der Waals surface area (Å²) < 4.78 is 76.3. The number of hydrogen-bond donors (Lipinski definition) is 1. The van der Waals surface area contributed by atoms with Crippen LogP contribution in [0.1, 0.15) is 52.5 Å². The minimum Gasteiger partial charge on any atom is -0.497 e. The summed E-state index contributed by atoms with van der Waals surface area (Å²) >= 11 is 0. The summed E-state index contributed by atoms with van der Waals surface area (Å²) in [7, 11) is 3.07. The molecule has 0 saturated heterocycles. The molecule has 1 aliphatic heterocycles. The van der Waals surface area contributed by atoms with E-state index in [2.05, 4.69) is 27.1 Å². The number of nitriles is 1. The monoisotopic (exact) mass is 705 g/mol. The van der Waals surface area contributed by atoms with E-state index < -0.39 is 41.6 Å². The van der Waals surface area contributed by atoms with Crippen LogP contribution in [0.4, 0.5) is 17.6 Å². The van der Waals surface area contributed by atoms with Crippen molar-refractivity contribution in [1.29, 1.82) is 5.26 Å². The van der Waals surface area contributed by atoms with Gasteiger partial charge >= 0.3 is 6.18 Å². The second kappa shape index (κ2) is 14.4. The molecule has 0 unspecified atom stereocenters. The van der Waals surface area contributed by atoms with Gasteiger partial charge in [-0.1, -0.05) is 66.4 Å². The number of methoxy groups -OCH3 is 2. The molecule has 8 nitrogen and oxygen atoms in total. The lowest BCUT2D eigenvalue weighted by atomic mass is 9.77. The molecule has 0 saturated carbocycles. The lowest BCUT2D eigenvalue weighted by Crippen LogP contribution is -2.54. The van der Waals surface area contributed by atoms with Gasteiger partial charge in [-0.3, -0.25) is 0 Å². The molecule has 0 amide bonds. The number of hydrogen-bond acceptors (Lipinski definition) is 8. The third-order valence-corrected chi connectivity index (χ3v) is 8.75. The number of benzene rings is 4. The Morgan fingerprint density at radius 3 is 1.90 bits per heavy atom. The third kappa shape index (κ3) is 7.23. The molecule has 0 bridgehead atoms. The second-order valence-electron chi connectivity index (χ2n) is 12.1. The molecule has 4 aromatic carbocycles. The fourth-order valence-electron chi connectivity index (χ4n) is 6.10. The molecule has 0 fully saturated rings. The van der Waals surface area contributed by atoms with Gasteiger partial charge in [-0.2, -0.15) is 18.4 Å². The molecule has 1 aromatic heterocycles. The number of aliphatic imine (C=N–C) groups is 1. The zero-order chi connectivity index (χ0) is 36.9. The van der Waals surface area contributed by atoms with Crippen molar-refractivity contribution in [3.63, 3.8) is 0 Å². The molecule has 262 valence electrons. The Bertz CT molecular complexity index is 2130. The minimum atomic E-state index is -4.83. The highest BCUT2D eigenvalue weighted by Gasteiger charge is 2.51. The first kappa shape index (κ1) is 35.4. The number of ether oxygens (including phenoxy) is 3. The predicted molar refractivity (Wildman–Crippen MR) is 185 cm³/mol. The zero-order valence-electron chi connectivity index (χ0n) is 28.2. The normalized spacial score (nSPS) is 17.0. The van der Waals surface area contributed by atoms with Crippen molar-refractivity contribution in [1.82, 2.24) is 15.3 Å². The molecule has 1 N–H and O–H groups in total. The second-order valence-corrected chi connectivity index (χ2v) is 12.1. The van der Waals surface area contributed by atoms with Crippen molar-refractivity contribution < 1.29 is 31.8 Å². The number of nitrogens with zero attached hydrogens (tertiary/aromatic N) is 4. The molecule has 0 aliphatic carbocycles. The van der Waals surface area contributed by atoms with Crippen LogP contribution in [0.3, 0.4) is 0 Å². The lowest BCUT2D eigenvalue weighted by Gasteiger charge is -2.42. The van der Waals surface area contributed by atoms with E-state index in [0.717, 1.165) is 6.07 Å². The van der Waals surface area contributed by atoms with Crippen LogP contribution in [0.2, 0.25) is 0 Å². The van der Waals surface area contributed by atoms with Gasteiger partial charge in [0.15, 0.2) is 6.10 Å².